The Morgan fingerprint density at radius 1 is 1.12 bits per heavy atom. The van der Waals surface area contributed by atoms with Gasteiger partial charge in [-0.25, -0.2) is 4.79 Å². The van der Waals surface area contributed by atoms with Crippen LogP contribution in [0.15, 0.2) is 47.9 Å². The van der Waals surface area contributed by atoms with Crippen LogP contribution < -0.4 is 5.32 Å². The summed E-state index contributed by atoms with van der Waals surface area (Å²) < 4.78 is 28.9. The van der Waals surface area contributed by atoms with Gasteiger partial charge in [-0.2, -0.15) is 0 Å². The molecule has 1 aromatic rings. The van der Waals surface area contributed by atoms with Crippen LogP contribution in [0, 0.1) is 0 Å². The molecule has 0 saturated heterocycles. The molecule has 0 fully saturated rings. The highest BCUT2D eigenvalue weighted by Gasteiger charge is 2.32. The smallest absolute Gasteiger partial charge is 0.412 e. The fourth-order valence-electron chi connectivity index (χ4n) is 1.94. The Morgan fingerprint density at radius 2 is 1.69 bits per heavy atom. The summed E-state index contributed by atoms with van der Waals surface area (Å²) in [6.07, 6.45) is 4.27. The van der Waals surface area contributed by atoms with Gasteiger partial charge in [0.2, 0.25) is 0 Å². The van der Waals surface area contributed by atoms with Gasteiger partial charge in [0.1, 0.15) is 11.0 Å². The van der Waals surface area contributed by atoms with Crippen LogP contribution in [0.5, 0.6) is 0 Å². The van der Waals surface area contributed by atoms with Gasteiger partial charge in [-0.15, -0.1) is 0 Å². The molecule has 0 heterocycles. The first-order valence-corrected chi connectivity index (χ1v) is 10.1. The SMILES string of the molecule is CCOP(=O)(OCC)/C(=C\C=C\c1ccccc1)NC(=O)OC(C)(C)C. The third-order valence-corrected chi connectivity index (χ3v) is 4.91. The van der Waals surface area contributed by atoms with E-state index in [1.807, 2.05) is 36.4 Å². The number of alkyl carbamates (subject to hydrolysis) is 1. The molecular weight excluding hydrogens is 353 g/mol. The van der Waals surface area contributed by atoms with E-state index in [-0.39, 0.29) is 18.7 Å². The summed E-state index contributed by atoms with van der Waals surface area (Å²) in [6, 6.07) is 9.59. The number of nitrogens with one attached hydrogen (secondary N) is 1. The molecule has 1 rings (SSSR count). The minimum absolute atomic E-state index is 0.0302. The van der Waals surface area contributed by atoms with Crippen molar-refractivity contribution in [3.63, 3.8) is 0 Å². The summed E-state index contributed by atoms with van der Waals surface area (Å²) in [4.78, 5) is 12.1. The van der Waals surface area contributed by atoms with E-state index in [2.05, 4.69) is 5.32 Å². The maximum atomic E-state index is 13.0. The van der Waals surface area contributed by atoms with Crippen LogP contribution >= 0.6 is 7.60 Å². The predicted octanol–water partition coefficient (Wildman–Crippen LogP) is 5.33. The molecule has 1 aromatic carbocycles. The molecule has 1 amide bonds. The van der Waals surface area contributed by atoms with Gasteiger partial charge >= 0.3 is 13.7 Å². The van der Waals surface area contributed by atoms with Crippen molar-refractivity contribution in [2.45, 2.75) is 40.2 Å². The molecule has 26 heavy (non-hydrogen) atoms. The van der Waals surface area contributed by atoms with E-state index in [0.717, 1.165) is 5.56 Å². The third kappa shape index (κ3) is 8.00. The van der Waals surface area contributed by atoms with Gasteiger partial charge in [0.05, 0.1) is 13.2 Å². The van der Waals surface area contributed by atoms with Crippen molar-refractivity contribution in [1.29, 1.82) is 0 Å². The largest absolute Gasteiger partial charge is 0.444 e. The van der Waals surface area contributed by atoms with Gasteiger partial charge in [0, 0.05) is 0 Å². The van der Waals surface area contributed by atoms with Crippen LogP contribution in [0.3, 0.4) is 0 Å². The second-order valence-corrected chi connectivity index (χ2v) is 8.27. The highest BCUT2D eigenvalue weighted by Crippen LogP contribution is 2.54. The minimum atomic E-state index is -3.67. The number of carbonyl (C=O) groups excluding carboxylic acids is 1. The van der Waals surface area contributed by atoms with Crippen molar-refractivity contribution in [3.8, 4) is 0 Å². The van der Waals surface area contributed by atoms with E-state index >= 15 is 0 Å². The second-order valence-electron chi connectivity index (χ2n) is 6.28. The number of rotatable bonds is 8. The van der Waals surface area contributed by atoms with E-state index in [4.69, 9.17) is 13.8 Å². The Morgan fingerprint density at radius 3 is 2.19 bits per heavy atom. The van der Waals surface area contributed by atoms with Gasteiger partial charge in [0.15, 0.2) is 0 Å². The molecule has 0 bridgehead atoms. The molecule has 0 radical (unpaired) electrons. The van der Waals surface area contributed by atoms with E-state index in [9.17, 15) is 9.36 Å². The summed E-state index contributed by atoms with van der Waals surface area (Å²) in [5.41, 5.74) is 0.307. The molecule has 0 unspecified atom stereocenters. The zero-order valence-corrected chi connectivity index (χ0v) is 16.9. The van der Waals surface area contributed by atoms with E-state index < -0.39 is 19.3 Å². The first kappa shape index (κ1) is 22.2. The number of hydrogen-bond donors (Lipinski definition) is 1. The number of ether oxygens (including phenoxy) is 1. The topological polar surface area (TPSA) is 73.9 Å². The van der Waals surface area contributed by atoms with Gasteiger partial charge in [-0.05, 0) is 46.3 Å². The molecule has 0 aliphatic carbocycles. The maximum absolute atomic E-state index is 13.0. The lowest BCUT2D eigenvalue weighted by Crippen LogP contribution is -2.32. The molecule has 144 valence electrons. The Kier molecular flexibility index (Phi) is 8.79. The molecule has 7 heteroatoms. The molecule has 1 N–H and O–H groups in total. The summed E-state index contributed by atoms with van der Waals surface area (Å²) in [5, 5.41) is 2.51. The van der Waals surface area contributed by atoms with Crippen LogP contribution in [-0.2, 0) is 18.3 Å². The average Bonchev–Trinajstić information content (AvgIpc) is 2.53. The average molecular weight is 381 g/mol. The van der Waals surface area contributed by atoms with Crippen molar-refractivity contribution in [3.05, 3.63) is 53.5 Å². The van der Waals surface area contributed by atoms with Crippen molar-refractivity contribution in [2.24, 2.45) is 0 Å². The molecule has 0 aliphatic heterocycles. The van der Waals surface area contributed by atoms with Crippen LogP contribution in [0.4, 0.5) is 4.79 Å². The maximum Gasteiger partial charge on any atom is 0.412 e. The minimum Gasteiger partial charge on any atom is -0.444 e. The Balaban J connectivity index is 3.10. The predicted molar refractivity (Wildman–Crippen MR) is 104 cm³/mol. The van der Waals surface area contributed by atoms with Crippen LogP contribution in [0.2, 0.25) is 0 Å². The number of hydrogen-bond acceptors (Lipinski definition) is 5. The van der Waals surface area contributed by atoms with Gasteiger partial charge in [0.25, 0.3) is 0 Å². The lowest BCUT2D eigenvalue weighted by atomic mass is 10.2. The Labute approximate surface area is 155 Å². The van der Waals surface area contributed by atoms with Crippen molar-refractivity contribution >= 4 is 19.8 Å². The molecular formula is C19H28NO5P. The normalized spacial score (nSPS) is 13.0. The van der Waals surface area contributed by atoms with Crippen molar-refractivity contribution in [1.82, 2.24) is 5.32 Å². The zero-order valence-electron chi connectivity index (χ0n) is 16.0. The van der Waals surface area contributed by atoms with Gasteiger partial charge in [-0.3, -0.25) is 9.88 Å². The highest BCUT2D eigenvalue weighted by atomic mass is 31.2. The number of carbonyl (C=O) groups is 1. The lowest BCUT2D eigenvalue weighted by Gasteiger charge is -2.23. The van der Waals surface area contributed by atoms with E-state index in [0.29, 0.717) is 0 Å². The number of benzene rings is 1. The molecule has 0 spiro atoms. The van der Waals surface area contributed by atoms with E-state index in [1.165, 1.54) is 6.08 Å². The Bertz CT molecular complexity index is 667. The molecule has 6 nitrogen and oxygen atoms in total. The summed E-state index contributed by atoms with van der Waals surface area (Å²) in [6.45, 7) is 9.00. The fraction of sp³-hybridized carbons (Fsp3) is 0.421. The van der Waals surface area contributed by atoms with Crippen molar-refractivity contribution < 1.29 is 23.1 Å². The van der Waals surface area contributed by atoms with Crippen LogP contribution in [0.1, 0.15) is 40.2 Å². The molecule has 0 aliphatic rings. The number of allylic oxidation sites excluding steroid dienone is 2. The van der Waals surface area contributed by atoms with Crippen LogP contribution in [0.25, 0.3) is 6.08 Å². The quantitative estimate of drug-likeness (QED) is 0.486. The molecule has 0 atom stereocenters. The second kappa shape index (κ2) is 10.3. The van der Waals surface area contributed by atoms with Gasteiger partial charge < -0.3 is 13.8 Å². The summed E-state index contributed by atoms with van der Waals surface area (Å²) in [7, 11) is -3.67. The Hall–Kier alpha value is -1.88. The van der Waals surface area contributed by atoms with E-state index in [1.54, 1.807) is 40.7 Å². The molecule has 0 aromatic heterocycles. The summed E-state index contributed by atoms with van der Waals surface area (Å²) in [5.74, 6) is 0. The zero-order chi connectivity index (χ0) is 19.6. The number of amides is 1. The first-order chi connectivity index (χ1) is 12.2. The third-order valence-electron chi connectivity index (χ3n) is 2.86. The highest BCUT2D eigenvalue weighted by molar-refractivity contribution is 7.58. The van der Waals surface area contributed by atoms with Gasteiger partial charge in [-0.1, -0.05) is 42.5 Å². The van der Waals surface area contributed by atoms with Crippen molar-refractivity contribution in [2.75, 3.05) is 13.2 Å². The summed E-state index contributed by atoms with van der Waals surface area (Å²) >= 11 is 0. The fourth-order valence-corrected chi connectivity index (χ4v) is 3.47. The monoisotopic (exact) mass is 381 g/mol. The first-order valence-electron chi connectivity index (χ1n) is 8.53. The molecule has 0 saturated carbocycles. The standard InChI is InChI=1S/C19H28NO5P/c1-6-23-26(22,24-7-2)17(20-18(21)25-19(3,4)5)15-11-14-16-12-9-8-10-13-16/h8-15H,6-7H2,1-5H3,(H,20,21)/b14-11+,17-15-. The van der Waals surface area contributed by atoms with Crippen LogP contribution in [-0.4, -0.2) is 24.9 Å². The lowest BCUT2D eigenvalue weighted by molar-refractivity contribution is 0.0545.